The summed E-state index contributed by atoms with van der Waals surface area (Å²) in [6.07, 6.45) is 1.68. The summed E-state index contributed by atoms with van der Waals surface area (Å²) in [6, 6.07) is 0. The van der Waals surface area contributed by atoms with E-state index in [0.717, 1.165) is 5.13 Å². The Balaban J connectivity index is 2.77. The van der Waals surface area contributed by atoms with E-state index < -0.39 is 0 Å². The Morgan fingerprint density at radius 1 is 1.75 bits per heavy atom. The maximum atomic E-state index is 4.00. The van der Waals surface area contributed by atoms with Gasteiger partial charge in [0.15, 0.2) is 5.13 Å². The molecule has 0 N–H and O–H groups in total. The predicted molar refractivity (Wildman–Crippen MR) is 35.3 cm³/mol. The van der Waals surface area contributed by atoms with Crippen LogP contribution in [0.15, 0.2) is 6.20 Å². The molecule has 0 aliphatic rings. The number of anilines is 1. The second-order valence-electron chi connectivity index (χ2n) is 1.66. The summed E-state index contributed by atoms with van der Waals surface area (Å²) >= 11 is 1.52. The minimum absolute atomic E-state index is 1.00. The van der Waals surface area contributed by atoms with Gasteiger partial charge in [-0.1, -0.05) is 11.3 Å². The quantitative estimate of drug-likeness (QED) is 0.559. The van der Waals surface area contributed by atoms with Crippen molar-refractivity contribution in [1.29, 1.82) is 0 Å². The number of thiazole rings is 1. The molecule has 1 aromatic heterocycles. The fraction of sp³-hybridized carbons (Fsp3) is 0.400. The lowest BCUT2D eigenvalue weighted by Crippen LogP contribution is -2.07. The maximum Gasteiger partial charge on any atom is 0.185 e. The van der Waals surface area contributed by atoms with Gasteiger partial charge in [0.2, 0.25) is 0 Å². The summed E-state index contributed by atoms with van der Waals surface area (Å²) in [5, 5.41) is 3.90. The van der Waals surface area contributed by atoms with E-state index in [-0.39, 0.29) is 0 Å². The summed E-state index contributed by atoms with van der Waals surface area (Å²) < 4.78 is 0. The minimum atomic E-state index is 1.00. The summed E-state index contributed by atoms with van der Waals surface area (Å²) in [4.78, 5) is 5.96. The van der Waals surface area contributed by atoms with Crippen molar-refractivity contribution in [2.24, 2.45) is 0 Å². The molecule has 1 rings (SSSR count). The largest absolute Gasteiger partial charge is 0.354 e. The molecule has 2 nitrogen and oxygen atoms in total. The third-order valence-electron chi connectivity index (χ3n) is 0.760. The molecule has 0 bridgehead atoms. The molecule has 0 saturated heterocycles. The van der Waals surface area contributed by atoms with Crippen LogP contribution >= 0.6 is 11.3 Å². The molecule has 0 saturated carbocycles. The van der Waals surface area contributed by atoms with Gasteiger partial charge >= 0.3 is 0 Å². The van der Waals surface area contributed by atoms with Gasteiger partial charge in [-0.2, -0.15) is 0 Å². The van der Waals surface area contributed by atoms with Gasteiger partial charge in [-0.3, -0.25) is 0 Å². The molecule has 0 atom stereocenters. The second-order valence-corrected chi connectivity index (χ2v) is 2.46. The van der Waals surface area contributed by atoms with Crippen LogP contribution in [0.5, 0.6) is 0 Å². The van der Waals surface area contributed by atoms with Gasteiger partial charge in [0.1, 0.15) is 0 Å². The van der Waals surface area contributed by atoms with E-state index in [0.29, 0.717) is 0 Å². The standard InChI is InChI=1S/C5H7N2S/c1-7(2)5-6-3-4-8-5/h3H,1-2H3. The van der Waals surface area contributed by atoms with Crippen molar-refractivity contribution in [3.8, 4) is 0 Å². The Hall–Kier alpha value is -0.570. The lowest BCUT2D eigenvalue weighted by Gasteiger charge is -2.04. The molecule has 1 heterocycles. The molecule has 0 aromatic carbocycles. The highest BCUT2D eigenvalue weighted by Crippen LogP contribution is 2.11. The Labute approximate surface area is 52.8 Å². The number of nitrogens with zero attached hydrogens (tertiary/aromatic N) is 2. The molecule has 0 spiro atoms. The van der Waals surface area contributed by atoms with Gasteiger partial charge in [-0.25, -0.2) is 4.98 Å². The maximum absolute atomic E-state index is 4.00. The Morgan fingerprint density at radius 2 is 2.50 bits per heavy atom. The van der Waals surface area contributed by atoms with Crippen LogP contribution in [0.1, 0.15) is 0 Å². The molecule has 0 aliphatic carbocycles. The normalized spacial score (nSPS) is 9.25. The molecule has 0 unspecified atom stereocenters. The van der Waals surface area contributed by atoms with Gasteiger partial charge < -0.3 is 4.90 Å². The van der Waals surface area contributed by atoms with Crippen LogP contribution in [-0.2, 0) is 0 Å². The lowest BCUT2D eigenvalue weighted by atomic mass is 10.9. The number of hydrogen-bond donors (Lipinski definition) is 0. The zero-order chi connectivity index (χ0) is 5.98. The molecular formula is C5H7N2S. The first kappa shape index (κ1) is 5.56. The van der Waals surface area contributed by atoms with E-state index in [1.807, 2.05) is 19.0 Å². The number of rotatable bonds is 1. The van der Waals surface area contributed by atoms with E-state index in [9.17, 15) is 0 Å². The molecule has 8 heavy (non-hydrogen) atoms. The van der Waals surface area contributed by atoms with E-state index in [4.69, 9.17) is 0 Å². The van der Waals surface area contributed by atoms with Crippen LogP contribution < -0.4 is 4.90 Å². The Morgan fingerprint density at radius 3 is 2.75 bits per heavy atom. The van der Waals surface area contributed by atoms with Crippen LogP contribution in [0.3, 0.4) is 0 Å². The number of aromatic nitrogens is 1. The molecule has 0 fully saturated rings. The summed E-state index contributed by atoms with van der Waals surface area (Å²) in [6.45, 7) is 0. The van der Waals surface area contributed by atoms with Crippen LogP contribution in [0.2, 0.25) is 0 Å². The fourth-order valence-corrected chi connectivity index (χ4v) is 0.893. The predicted octanol–water partition coefficient (Wildman–Crippen LogP) is 1.01. The Bertz CT molecular complexity index is 145. The van der Waals surface area contributed by atoms with Gasteiger partial charge in [-0.05, 0) is 0 Å². The molecule has 1 radical (unpaired) electrons. The first-order chi connectivity index (χ1) is 3.80. The molecule has 43 valence electrons. The van der Waals surface area contributed by atoms with E-state index >= 15 is 0 Å². The van der Waals surface area contributed by atoms with Gasteiger partial charge in [0.05, 0.1) is 5.38 Å². The van der Waals surface area contributed by atoms with Crippen LogP contribution in [0.25, 0.3) is 0 Å². The third kappa shape index (κ3) is 0.980. The molecule has 3 heteroatoms. The highest BCUT2D eigenvalue weighted by atomic mass is 32.1. The number of hydrogen-bond acceptors (Lipinski definition) is 3. The van der Waals surface area contributed by atoms with Crippen molar-refractivity contribution in [2.45, 2.75) is 0 Å². The van der Waals surface area contributed by atoms with Crippen molar-refractivity contribution in [2.75, 3.05) is 19.0 Å². The van der Waals surface area contributed by atoms with Crippen LogP contribution in [0.4, 0.5) is 5.13 Å². The average molecular weight is 127 g/mol. The third-order valence-corrected chi connectivity index (χ3v) is 1.64. The zero-order valence-electron chi connectivity index (χ0n) is 4.88. The molecular weight excluding hydrogens is 120 g/mol. The second kappa shape index (κ2) is 2.13. The zero-order valence-corrected chi connectivity index (χ0v) is 5.70. The monoisotopic (exact) mass is 127 g/mol. The van der Waals surface area contributed by atoms with Crippen molar-refractivity contribution in [3.05, 3.63) is 11.6 Å². The van der Waals surface area contributed by atoms with Gasteiger partial charge in [-0.15, -0.1) is 0 Å². The highest BCUT2D eigenvalue weighted by molar-refractivity contribution is 7.13. The van der Waals surface area contributed by atoms with E-state index in [1.165, 1.54) is 11.3 Å². The van der Waals surface area contributed by atoms with E-state index in [2.05, 4.69) is 10.4 Å². The molecule has 0 aliphatic heterocycles. The van der Waals surface area contributed by atoms with Crippen LogP contribution in [0, 0.1) is 5.38 Å². The van der Waals surface area contributed by atoms with Gasteiger partial charge in [0, 0.05) is 20.3 Å². The van der Waals surface area contributed by atoms with Crippen molar-refractivity contribution in [3.63, 3.8) is 0 Å². The summed E-state index contributed by atoms with van der Waals surface area (Å²) in [5.74, 6) is 0. The molecule has 1 aromatic rings. The van der Waals surface area contributed by atoms with E-state index in [1.54, 1.807) is 6.20 Å². The van der Waals surface area contributed by atoms with Crippen LogP contribution in [-0.4, -0.2) is 19.1 Å². The first-order valence-electron chi connectivity index (χ1n) is 2.30. The highest BCUT2D eigenvalue weighted by Gasteiger charge is 1.93. The summed E-state index contributed by atoms with van der Waals surface area (Å²) in [7, 11) is 3.93. The minimum Gasteiger partial charge on any atom is -0.354 e. The molecule has 0 amide bonds. The SMILES string of the molecule is CN(C)c1nc[c]s1. The Kier molecular flexibility index (Phi) is 1.48. The average Bonchev–Trinajstić information content (AvgIpc) is 2.12. The van der Waals surface area contributed by atoms with Crippen molar-refractivity contribution in [1.82, 2.24) is 4.98 Å². The van der Waals surface area contributed by atoms with Crippen molar-refractivity contribution < 1.29 is 0 Å². The van der Waals surface area contributed by atoms with Gasteiger partial charge in [0.25, 0.3) is 0 Å². The first-order valence-corrected chi connectivity index (χ1v) is 3.11. The smallest absolute Gasteiger partial charge is 0.185 e. The topological polar surface area (TPSA) is 16.1 Å². The summed E-state index contributed by atoms with van der Waals surface area (Å²) in [5.41, 5.74) is 0. The fourth-order valence-electron chi connectivity index (χ4n) is 0.394. The van der Waals surface area contributed by atoms with Crippen molar-refractivity contribution >= 4 is 16.5 Å². The lowest BCUT2D eigenvalue weighted by molar-refractivity contribution is 1.10.